The smallest absolute Gasteiger partial charge is 0.133 e. The van der Waals surface area contributed by atoms with E-state index in [1.807, 2.05) is 25.6 Å². The molecule has 0 aromatic carbocycles. The van der Waals surface area contributed by atoms with Crippen molar-refractivity contribution in [2.75, 3.05) is 0 Å². The molecule has 0 aliphatic carbocycles. The first-order valence-electron chi connectivity index (χ1n) is 28.0. The van der Waals surface area contributed by atoms with Gasteiger partial charge < -0.3 is 0 Å². The molecule has 68 heavy (non-hydrogen) atoms. The van der Waals surface area contributed by atoms with E-state index in [9.17, 15) is 0 Å². The van der Waals surface area contributed by atoms with Crippen molar-refractivity contribution in [2.45, 2.75) is 236 Å². The Labute approximate surface area is 445 Å². The van der Waals surface area contributed by atoms with Crippen molar-refractivity contribution in [3.8, 4) is 48.8 Å². The second-order valence-electron chi connectivity index (χ2n) is 20.3. The third kappa shape index (κ3) is 15.8. The fourth-order valence-electron chi connectivity index (χ4n) is 10.4. The van der Waals surface area contributed by atoms with Crippen LogP contribution in [0.5, 0.6) is 0 Å². The summed E-state index contributed by atoms with van der Waals surface area (Å²) in [4.78, 5) is 16.6. The van der Waals surface area contributed by atoms with Gasteiger partial charge in [-0.3, -0.25) is 0 Å². The van der Waals surface area contributed by atoms with Gasteiger partial charge in [-0.15, -0.1) is 22.7 Å². The van der Waals surface area contributed by atoms with Crippen LogP contribution < -0.4 is 2.89 Å². The molecule has 0 amide bonds. The standard InChI is InChI=1S/C49H63S6.3C4H9.Sn/c1-6-10-14-18-22-36-30-31-50-46(36)44-33-38(24-20-16-12-8-3)47(54-44)42-28-26-40(52-42)41-27-29-43(53-41)48-39(25-21-17-13-9-4)34-45(55-48)49-37(32-35(5)51-49)23-19-15-11-7-2;3*1-3-4-2;/h26-30,32-34H,6-25H2,1-5H3;3*1,3-4H2,2H3;. The van der Waals surface area contributed by atoms with Crippen molar-refractivity contribution >= 4 is 89.3 Å². The molecule has 0 aliphatic rings. The van der Waals surface area contributed by atoms with E-state index in [4.69, 9.17) is 0 Å². The molecule has 6 heterocycles. The monoisotopic (exact) mass is 1130 g/mol. The second-order valence-corrected chi connectivity index (χ2v) is 41.0. The maximum Gasteiger partial charge on any atom is -0.133 e. The third-order valence-corrected chi connectivity index (χ3v) is 40.4. The minimum absolute atomic E-state index is 1.19. The minimum Gasteiger partial charge on any atom is -0.133 e. The quantitative estimate of drug-likeness (QED) is 0.0275. The topological polar surface area (TPSA) is 0 Å². The molecule has 374 valence electrons. The van der Waals surface area contributed by atoms with Gasteiger partial charge in [0.25, 0.3) is 0 Å². The Kier molecular flexibility index (Phi) is 25.0. The molecule has 0 unspecified atom stereocenters. The van der Waals surface area contributed by atoms with Crippen molar-refractivity contribution in [3.05, 3.63) is 75.7 Å². The van der Waals surface area contributed by atoms with E-state index in [0.29, 0.717) is 0 Å². The molecule has 6 aromatic heterocycles. The molecular weight excluding hydrogens is 1040 g/mol. The number of aryl methyl sites for hydroxylation is 5. The van der Waals surface area contributed by atoms with Gasteiger partial charge in [-0.05, 0) is 55.9 Å². The van der Waals surface area contributed by atoms with Crippen LogP contribution in [-0.4, -0.2) is 18.4 Å². The van der Waals surface area contributed by atoms with Crippen molar-refractivity contribution in [3.63, 3.8) is 0 Å². The fraction of sp³-hybridized carbons (Fsp3) is 0.607. The number of hydrogen-bond acceptors (Lipinski definition) is 6. The van der Waals surface area contributed by atoms with Crippen LogP contribution in [0.15, 0.2) is 48.5 Å². The normalized spacial score (nSPS) is 12.1. The largest absolute Gasteiger partial charge is 0.133 e. The molecule has 0 aliphatic heterocycles. The first-order chi connectivity index (χ1) is 33.3. The molecule has 0 spiro atoms. The van der Waals surface area contributed by atoms with Gasteiger partial charge in [-0.1, -0.05) is 52.4 Å². The minimum atomic E-state index is -2.59. The zero-order valence-corrected chi connectivity index (χ0v) is 51.8. The third-order valence-electron chi connectivity index (χ3n) is 14.5. The summed E-state index contributed by atoms with van der Waals surface area (Å²) in [5.74, 6) is 0. The summed E-state index contributed by atoms with van der Waals surface area (Å²) >= 11 is 10.1. The van der Waals surface area contributed by atoms with Gasteiger partial charge in [0.15, 0.2) is 0 Å². The van der Waals surface area contributed by atoms with Crippen LogP contribution >= 0.6 is 68.0 Å². The molecule has 7 heteroatoms. The van der Waals surface area contributed by atoms with Gasteiger partial charge in [0, 0.05) is 19.5 Å². The van der Waals surface area contributed by atoms with E-state index in [-0.39, 0.29) is 0 Å². The Balaban J connectivity index is 1.35. The zero-order valence-electron chi connectivity index (χ0n) is 44.1. The molecular formula is C61H90S6Sn. The summed E-state index contributed by atoms with van der Waals surface area (Å²) in [5, 5.41) is 0. The van der Waals surface area contributed by atoms with Crippen LogP contribution in [0.2, 0.25) is 13.3 Å². The van der Waals surface area contributed by atoms with Gasteiger partial charge in [-0.25, -0.2) is 0 Å². The predicted molar refractivity (Wildman–Crippen MR) is 322 cm³/mol. The number of hydrogen-bond donors (Lipinski definition) is 0. The van der Waals surface area contributed by atoms with Gasteiger partial charge in [-0.2, -0.15) is 0 Å². The Bertz CT molecular complexity index is 2300. The maximum absolute atomic E-state index is 2.85. The van der Waals surface area contributed by atoms with Crippen molar-refractivity contribution in [2.24, 2.45) is 0 Å². The van der Waals surface area contributed by atoms with E-state index in [2.05, 4.69) is 149 Å². The second kappa shape index (κ2) is 30.3. The molecule has 0 saturated carbocycles. The van der Waals surface area contributed by atoms with E-state index >= 15 is 0 Å². The molecule has 0 fully saturated rings. The molecule has 0 N–H and O–H groups in total. The van der Waals surface area contributed by atoms with Crippen molar-refractivity contribution < 1.29 is 0 Å². The van der Waals surface area contributed by atoms with Gasteiger partial charge in [0.2, 0.25) is 0 Å². The molecule has 0 saturated heterocycles. The van der Waals surface area contributed by atoms with Crippen LogP contribution in [0.1, 0.15) is 217 Å². The summed E-state index contributed by atoms with van der Waals surface area (Å²) in [7, 11) is 0. The van der Waals surface area contributed by atoms with Crippen LogP contribution in [0.25, 0.3) is 48.8 Å². The zero-order chi connectivity index (χ0) is 48.1. The average Bonchev–Trinajstić information content (AvgIpc) is 4.22. The molecule has 0 bridgehead atoms. The number of rotatable bonds is 35. The summed E-state index contributed by atoms with van der Waals surface area (Å²) in [6, 6.07) is 20.5. The molecule has 0 nitrogen and oxygen atoms in total. The number of thiophene rings is 6. The Hall–Kier alpha value is -1.00. The summed E-state index contributed by atoms with van der Waals surface area (Å²) in [6.45, 7) is 19.0. The number of unbranched alkanes of at least 4 members (excludes halogenated alkanes) is 15. The average molecular weight is 1130 g/mol. The van der Waals surface area contributed by atoms with Crippen LogP contribution in [0.3, 0.4) is 0 Å². The molecule has 0 radical (unpaired) electrons. The Morgan fingerprint density at radius 1 is 0.309 bits per heavy atom. The first-order valence-corrected chi connectivity index (χ1v) is 40.4. The first kappa shape index (κ1) is 56.3. The maximum atomic E-state index is 2.85. The predicted octanol–water partition coefficient (Wildman–Crippen LogP) is 23.2. The van der Waals surface area contributed by atoms with Crippen LogP contribution in [0, 0.1) is 6.92 Å². The van der Waals surface area contributed by atoms with E-state index in [0.717, 1.165) is 0 Å². The molecule has 6 rings (SSSR count). The molecule has 6 aromatic rings. The van der Waals surface area contributed by atoms with Crippen molar-refractivity contribution in [1.82, 2.24) is 0 Å². The fourth-order valence-corrected chi connectivity index (χ4v) is 36.9. The summed E-state index contributed by atoms with van der Waals surface area (Å²) < 4.78 is 6.60. The van der Waals surface area contributed by atoms with E-state index in [1.165, 1.54) is 201 Å². The summed E-state index contributed by atoms with van der Waals surface area (Å²) in [6.07, 6.45) is 34.3. The van der Waals surface area contributed by atoms with Gasteiger partial charge >= 0.3 is 299 Å². The van der Waals surface area contributed by atoms with E-state index < -0.39 is 18.4 Å². The Morgan fingerprint density at radius 3 is 1.04 bits per heavy atom. The van der Waals surface area contributed by atoms with Gasteiger partial charge in [0.05, 0.1) is 0 Å². The molecule has 0 atom stereocenters. The summed E-state index contributed by atoms with van der Waals surface area (Å²) in [5.41, 5.74) is 6.47. The van der Waals surface area contributed by atoms with Gasteiger partial charge in [0.1, 0.15) is 0 Å². The van der Waals surface area contributed by atoms with E-state index in [1.54, 1.807) is 55.1 Å². The Morgan fingerprint density at radius 2 is 0.647 bits per heavy atom. The SMILES string of the molecule is CCCCCCc1cc(C)sc1-c1cc(CCCCCC)c(-c2ccc(-c3ccc(-c4sc(-c5s[c]([Sn]([CH2]CCC)([CH2]CCC)[CH2]CCC)cc5CCCCCC)cc4CCCCCC)s3)s2)s1. The van der Waals surface area contributed by atoms with Crippen LogP contribution in [0.4, 0.5) is 0 Å². The van der Waals surface area contributed by atoms with Crippen molar-refractivity contribution in [1.29, 1.82) is 0 Å². The van der Waals surface area contributed by atoms with Crippen LogP contribution in [-0.2, 0) is 25.7 Å².